The Morgan fingerprint density at radius 1 is 1.19 bits per heavy atom. The van der Waals surface area contributed by atoms with Gasteiger partial charge in [0.05, 0.1) is 0 Å². The van der Waals surface area contributed by atoms with Gasteiger partial charge in [-0.15, -0.1) is 0 Å². The van der Waals surface area contributed by atoms with Crippen LogP contribution in [0.4, 0.5) is 5.82 Å². The summed E-state index contributed by atoms with van der Waals surface area (Å²) in [5.41, 5.74) is 2.90. The second-order valence-corrected chi connectivity index (χ2v) is 8.31. The second-order valence-electron chi connectivity index (χ2n) is 8.31. The molecule has 5 heteroatoms. The van der Waals surface area contributed by atoms with Gasteiger partial charge in [0.15, 0.2) is 6.29 Å². The van der Waals surface area contributed by atoms with Gasteiger partial charge in [0.2, 0.25) is 0 Å². The molecule has 27 heavy (non-hydrogen) atoms. The number of rotatable bonds is 4. The Morgan fingerprint density at radius 2 is 1.85 bits per heavy atom. The third-order valence-electron chi connectivity index (χ3n) is 4.92. The zero-order chi connectivity index (χ0) is 19.8. The Balaban J connectivity index is 1.90. The van der Waals surface area contributed by atoms with Crippen molar-refractivity contribution >= 4 is 17.9 Å². The largest absolute Gasteiger partial charge is 0.329 e. The molecule has 0 saturated heterocycles. The van der Waals surface area contributed by atoms with Crippen molar-refractivity contribution in [2.45, 2.75) is 65.8 Å². The number of hydrogen-bond acceptors (Lipinski definition) is 3. The van der Waals surface area contributed by atoms with Crippen LogP contribution in [0.5, 0.6) is 0 Å². The van der Waals surface area contributed by atoms with Crippen LogP contribution in [-0.4, -0.2) is 29.0 Å². The molecule has 1 amide bonds. The monoisotopic (exact) mass is 366 g/mol. The van der Waals surface area contributed by atoms with E-state index in [1.807, 2.05) is 30.5 Å². The zero-order valence-electron chi connectivity index (χ0n) is 17.2. The van der Waals surface area contributed by atoms with E-state index in [9.17, 15) is 4.79 Å². The van der Waals surface area contributed by atoms with Gasteiger partial charge in [-0.05, 0) is 64.8 Å². The topological polar surface area (TPSA) is 49.6 Å². The summed E-state index contributed by atoms with van der Waals surface area (Å²) >= 11 is 0. The number of nitrogens with zero attached hydrogens (tertiary/aromatic N) is 3. The fourth-order valence-corrected chi connectivity index (χ4v) is 3.42. The minimum atomic E-state index is -0.424. The number of fused-ring (bicyclic) bond motifs is 1. The van der Waals surface area contributed by atoms with Crippen LogP contribution in [0.25, 0.3) is 0 Å². The summed E-state index contributed by atoms with van der Waals surface area (Å²) in [6.07, 6.45) is 4.50. The maximum atomic E-state index is 12.8. The van der Waals surface area contributed by atoms with Crippen LogP contribution in [0.15, 0.2) is 41.5 Å². The molecular formula is C22H30N4O. The SMILES string of the molecule is CCc1ccc(C(=O)NC2N=Cc3ccn(C(C)(C)C)c3N2C(C)C)cc1. The lowest BCUT2D eigenvalue weighted by Crippen LogP contribution is -2.53. The first-order valence-electron chi connectivity index (χ1n) is 9.65. The average Bonchev–Trinajstić information content (AvgIpc) is 3.05. The van der Waals surface area contributed by atoms with Crippen molar-refractivity contribution in [2.24, 2.45) is 4.99 Å². The lowest BCUT2D eigenvalue weighted by Gasteiger charge is -2.40. The fraction of sp³-hybridized carbons (Fsp3) is 0.455. The highest BCUT2D eigenvalue weighted by Gasteiger charge is 2.32. The van der Waals surface area contributed by atoms with Crippen LogP contribution in [0.1, 0.15) is 63.0 Å². The summed E-state index contributed by atoms with van der Waals surface area (Å²) in [4.78, 5) is 19.6. The van der Waals surface area contributed by atoms with E-state index in [-0.39, 0.29) is 17.5 Å². The van der Waals surface area contributed by atoms with Gasteiger partial charge in [0.25, 0.3) is 5.91 Å². The molecule has 0 spiro atoms. The lowest BCUT2D eigenvalue weighted by atomic mass is 10.1. The van der Waals surface area contributed by atoms with Gasteiger partial charge < -0.3 is 14.8 Å². The van der Waals surface area contributed by atoms with Gasteiger partial charge in [-0.1, -0.05) is 19.1 Å². The van der Waals surface area contributed by atoms with Gasteiger partial charge >= 0.3 is 0 Å². The molecule has 2 aromatic rings. The molecule has 1 aliphatic rings. The predicted molar refractivity (Wildman–Crippen MR) is 112 cm³/mol. The van der Waals surface area contributed by atoms with Crippen LogP contribution in [0, 0.1) is 0 Å². The van der Waals surface area contributed by atoms with Gasteiger partial charge in [-0.3, -0.25) is 4.79 Å². The molecule has 1 aliphatic heterocycles. The molecule has 5 nitrogen and oxygen atoms in total. The van der Waals surface area contributed by atoms with Crippen molar-refractivity contribution < 1.29 is 4.79 Å². The maximum Gasteiger partial charge on any atom is 0.254 e. The van der Waals surface area contributed by atoms with Gasteiger partial charge in [-0.2, -0.15) is 0 Å². The molecule has 1 aromatic heterocycles. The maximum absolute atomic E-state index is 12.8. The predicted octanol–water partition coefficient (Wildman–Crippen LogP) is 4.17. The number of carbonyl (C=O) groups excluding carboxylic acids is 1. The molecule has 1 aromatic carbocycles. The molecule has 144 valence electrons. The minimum Gasteiger partial charge on any atom is -0.329 e. The second kappa shape index (κ2) is 7.22. The Bertz CT molecular complexity index is 840. The highest BCUT2D eigenvalue weighted by molar-refractivity contribution is 5.95. The number of benzene rings is 1. The van der Waals surface area contributed by atoms with Crippen LogP contribution in [0.2, 0.25) is 0 Å². The molecule has 1 unspecified atom stereocenters. The van der Waals surface area contributed by atoms with Gasteiger partial charge in [0, 0.05) is 35.1 Å². The molecule has 2 heterocycles. The highest BCUT2D eigenvalue weighted by atomic mass is 16.2. The van der Waals surface area contributed by atoms with Crippen molar-refractivity contribution in [3.63, 3.8) is 0 Å². The van der Waals surface area contributed by atoms with Gasteiger partial charge in [0.1, 0.15) is 5.82 Å². The first-order valence-corrected chi connectivity index (χ1v) is 9.65. The Morgan fingerprint density at radius 3 is 2.41 bits per heavy atom. The van der Waals surface area contributed by atoms with E-state index in [1.54, 1.807) is 0 Å². The lowest BCUT2D eigenvalue weighted by molar-refractivity contribution is 0.0935. The number of aromatic nitrogens is 1. The van der Waals surface area contributed by atoms with Crippen molar-refractivity contribution in [1.29, 1.82) is 0 Å². The van der Waals surface area contributed by atoms with Crippen molar-refractivity contribution in [1.82, 2.24) is 9.88 Å². The number of anilines is 1. The molecule has 3 rings (SSSR count). The molecule has 0 aliphatic carbocycles. The normalized spacial score (nSPS) is 16.6. The van der Waals surface area contributed by atoms with Crippen molar-refractivity contribution in [3.8, 4) is 0 Å². The summed E-state index contributed by atoms with van der Waals surface area (Å²) < 4.78 is 2.25. The third-order valence-corrected chi connectivity index (χ3v) is 4.92. The van der Waals surface area contributed by atoms with Crippen molar-refractivity contribution in [3.05, 3.63) is 53.2 Å². The fourth-order valence-electron chi connectivity index (χ4n) is 3.42. The van der Waals surface area contributed by atoms with E-state index in [0.717, 1.165) is 17.8 Å². The first kappa shape index (κ1) is 19.2. The smallest absolute Gasteiger partial charge is 0.254 e. The van der Waals surface area contributed by atoms with Gasteiger partial charge in [-0.25, -0.2) is 4.99 Å². The molecular weight excluding hydrogens is 336 g/mol. The standard InChI is InChI=1S/C22H30N4O/c1-7-16-8-10-17(11-9-16)19(27)24-21-23-14-18-12-13-25(22(4,5)6)20(18)26(21)15(2)3/h8-15,21H,7H2,1-6H3,(H,24,27). The number of aliphatic imine (C=N–C) groups is 1. The van der Waals surface area contributed by atoms with E-state index in [0.29, 0.717) is 5.56 Å². The average molecular weight is 367 g/mol. The van der Waals surface area contributed by atoms with Crippen LogP contribution in [-0.2, 0) is 12.0 Å². The Labute approximate surface area is 162 Å². The highest BCUT2D eigenvalue weighted by Crippen LogP contribution is 2.33. The Kier molecular flexibility index (Phi) is 5.13. The van der Waals surface area contributed by atoms with Crippen LogP contribution >= 0.6 is 0 Å². The number of nitrogens with one attached hydrogen (secondary N) is 1. The summed E-state index contributed by atoms with van der Waals surface area (Å²) in [6, 6.07) is 10.0. The summed E-state index contributed by atoms with van der Waals surface area (Å²) in [5.74, 6) is 0.988. The zero-order valence-corrected chi connectivity index (χ0v) is 17.2. The summed E-state index contributed by atoms with van der Waals surface area (Å²) in [7, 11) is 0. The van der Waals surface area contributed by atoms with E-state index < -0.39 is 6.29 Å². The summed E-state index contributed by atoms with van der Waals surface area (Å²) in [5, 5.41) is 3.09. The van der Waals surface area contributed by atoms with E-state index in [4.69, 9.17) is 0 Å². The number of aryl methyl sites for hydroxylation is 1. The number of carbonyl (C=O) groups is 1. The number of hydrogen-bond donors (Lipinski definition) is 1. The quantitative estimate of drug-likeness (QED) is 0.883. The minimum absolute atomic E-state index is 0.0591. The molecule has 0 radical (unpaired) electrons. The molecule has 0 bridgehead atoms. The van der Waals surface area contributed by atoms with Crippen LogP contribution < -0.4 is 10.2 Å². The summed E-state index contributed by atoms with van der Waals surface area (Å²) in [6.45, 7) is 12.9. The van der Waals surface area contributed by atoms with Crippen molar-refractivity contribution in [2.75, 3.05) is 4.90 Å². The first-order chi connectivity index (χ1) is 12.7. The molecule has 0 saturated carbocycles. The molecule has 0 fully saturated rings. The number of amides is 1. The third kappa shape index (κ3) is 3.77. The van der Waals surface area contributed by atoms with E-state index in [1.165, 1.54) is 5.56 Å². The van der Waals surface area contributed by atoms with E-state index in [2.05, 4.69) is 73.6 Å². The van der Waals surface area contributed by atoms with Crippen LogP contribution in [0.3, 0.4) is 0 Å². The van der Waals surface area contributed by atoms with E-state index >= 15 is 0 Å². The molecule has 1 atom stereocenters. The Hall–Kier alpha value is -2.56. The molecule has 1 N–H and O–H groups in total.